The molecule has 1 unspecified atom stereocenters. The van der Waals surface area contributed by atoms with Crippen molar-refractivity contribution in [2.45, 2.75) is 40.2 Å². The van der Waals surface area contributed by atoms with Gasteiger partial charge in [-0.05, 0) is 18.8 Å². The summed E-state index contributed by atoms with van der Waals surface area (Å²) in [6.45, 7) is 8.24. The molecule has 1 heterocycles. The SMILES string of the molecule is Cc1nn(C)cc1C(=O)NCC(O)CC(C)(C)C. The second-order valence-electron chi connectivity index (χ2n) is 5.93. The minimum atomic E-state index is -0.522. The van der Waals surface area contributed by atoms with E-state index in [-0.39, 0.29) is 17.9 Å². The molecule has 0 bridgehead atoms. The van der Waals surface area contributed by atoms with Gasteiger partial charge in [-0.25, -0.2) is 0 Å². The zero-order chi connectivity index (χ0) is 13.9. The number of rotatable bonds is 4. The number of nitrogens with zero attached hydrogens (tertiary/aromatic N) is 2. The van der Waals surface area contributed by atoms with Gasteiger partial charge in [0.1, 0.15) is 0 Å². The van der Waals surface area contributed by atoms with Crippen molar-refractivity contribution in [3.63, 3.8) is 0 Å². The Balaban J connectivity index is 2.49. The van der Waals surface area contributed by atoms with Gasteiger partial charge < -0.3 is 10.4 Å². The fraction of sp³-hybridized carbons (Fsp3) is 0.692. The van der Waals surface area contributed by atoms with E-state index in [0.717, 1.165) is 0 Å². The molecule has 0 saturated heterocycles. The molecule has 0 aliphatic heterocycles. The van der Waals surface area contributed by atoms with Gasteiger partial charge >= 0.3 is 0 Å². The molecule has 1 aromatic rings. The number of amides is 1. The van der Waals surface area contributed by atoms with Crippen molar-refractivity contribution in [2.75, 3.05) is 6.54 Å². The van der Waals surface area contributed by atoms with Gasteiger partial charge in [-0.1, -0.05) is 20.8 Å². The summed E-state index contributed by atoms with van der Waals surface area (Å²) in [5.74, 6) is -0.187. The van der Waals surface area contributed by atoms with Gasteiger partial charge in [0.05, 0.1) is 17.4 Å². The summed E-state index contributed by atoms with van der Waals surface area (Å²) in [4.78, 5) is 11.9. The van der Waals surface area contributed by atoms with Crippen LogP contribution in [0.3, 0.4) is 0 Å². The molecule has 1 atom stereocenters. The number of nitrogens with one attached hydrogen (secondary N) is 1. The number of hydrogen-bond acceptors (Lipinski definition) is 3. The lowest BCUT2D eigenvalue weighted by molar-refractivity contribution is 0.0868. The third-order valence-corrected chi connectivity index (χ3v) is 2.60. The van der Waals surface area contributed by atoms with Crippen molar-refractivity contribution < 1.29 is 9.90 Å². The molecule has 1 amide bonds. The quantitative estimate of drug-likeness (QED) is 0.848. The van der Waals surface area contributed by atoms with Crippen LogP contribution >= 0.6 is 0 Å². The molecule has 0 aliphatic rings. The Kier molecular flexibility index (Phi) is 4.51. The predicted molar refractivity (Wildman–Crippen MR) is 70.4 cm³/mol. The normalized spacial score (nSPS) is 13.4. The topological polar surface area (TPSA) is 67.2 Å². The van der Waals surface area contributed by atoms with Crippen molar-refractivity contribution in [2.24, 2.45) is 12.5 Å². The van der Waals surface area contributed by atoms with E-state index in [1.54, 1.807) is 24.9 Å². The van der Waals surface area contributed by atoms with Gasteiger partial charge in [0.15, 0.2) is 0 Å². The van der Waals surface area contributed by atoms with Crippen LogP contribution in [0.25, 0.3) is 0 Å². The van der Waals surface area contributed by atoms with Gasteiger partial charge in [0.25, 0.3) is 5.91 Å². The third-order valence-electron chi connectivity index (χ3n) is 2.60. The van der Waals surface area contributed by atoms with Crippen molar-refractivity contribution in [3.8, 4) is 0 Å². The molecule has 0 radical (unpaired) electrons. The van der Waals surface area contributed by atoms with Crippen molar-refractivity contribution in [1.29, 1.82) is 0 Å². The van der Waals surface area contributed by atoms with E-state index in [1.807, 2.05) is 0 Å². The molecule has 1 aromatic heterocycles. The fourth-order valence-electron chi connectivity index (χ4n) is 1.91. The molecule has 0 spiro atoms. The highest BCUT2D eigenvalue weighted by molar-refractivity contribution is 5.94. The molecule has 18 heavy (non-hydrogen) atoms. The van der Waals surface area contributed by atoms with Crippen LogP contribution in [0, 0.1) is 12.3 Å². The van der Waals surface area contributed by atoms with Gasteiger partial charge in [0.2, 0.25) is 0 Å². The first-order valence-corrected chi connectivity index (χ1v) is 6.15. The summed E-state index contributed by atoms with van der Waals surface area (Å²) in [6, 6.07) is 0. The van der Waals surface area contributed by atoms with Crippen LogP contribution in [0.15, 0.2) is 6.20 Å². The molecular weight excluding hydrogens is 230 g/mol. The molecule has 102 valence electrons. The summed E-state index contributed by atoms with van der Waals surface area (Å²) in [5.41, 5.74) is 1.30. The fourth-order valence-corrected chi connectivity index (χ4v) is 1.91. The molecule has 5 heteroatoms. The first kappa shape index (κ1) is 14.7. The van der Waals surface area contributed by atoms with E-state index in [1.165, 1.54) is 0 Å². The predicted octanol–water partition coefficient (Wildman–Crippen LogP) is 1.26. The Morgan fingerprint density at radius 2 is 2.17 bits per heavy atom. The molecule has 1 rings (SSSR count). The van der Waals surface area contributed by atoms with Crippen LogP contribution in [0.2, 0.25) is 0 Å². The smallest absolute Gasteiger partial charge is 0.254 e. The van der Waals surface area contributed by atoms with E-state index in [9.17, 15) is 9.90 Å². The van der Waals surface area contributed by atoms with Gasteiger partial charge in [-0.2, -0.15) is 5.10 Å². The van der Waals surface area contributed by atoms with E-state index >= 15 is 0 Å². The summed E-state index contributed by atoms with van der Waals surface area (Å²) in [5, 5.41) is 16.7. The molecule has 5 nitrogen and oxygen atoms in total. The number of hydrogen-bond donors (Lipinski definition) is 2. The highest BCUT2D eigenvalue weighted by Gasteiger charge is 2.18. The maximum atomic E-state index is 11.9. The van der Waals surface area contributed by atoms with Crippen molar-refractivity contribution in [1.82, 2.24) is 15.1 Å². The molecule has 0 aromatic carbocycles. The zero-order valence-corrected chi connectivity index (χ0v) is 11.8. The largest absolute Gasteiger partial charge is 0.391 e. The Morgan fingerprint density at radius 1 is 1.56 bits per heavy atom. The second kappa shape index (κ2) is 5.52. The first-order chi connectivity index (χ1) is 8.19. The van der Waals surface area contributed by atoms with E-state index in [4.69, 9.17) is 0 Å². The summed E-state index contributed by atoms with van der Waals surface area (Å²) < 4.78 is 1.61. The minimum Gasteiger partial charge on any atom is -0.391 e. The van der Waals surface area contributed by atoms with Crippen LogP contribution in [0.4, 0.5) is 0 Å². The number of aromatic nitrogens is 2. The molecule has 0 saturated carbocycles. The van der Waals surface area contributed by atoms with Gasteiger partial charge in [0, 0.05) is 19.8 Å². The number of aliphatic hydroxyl groups excluding tert-OH is 1. The summed E-state index contributed by atoms with van der Waals surface area (Å²) in [7, 11) is 1.78. The Labute approximate surface area is 108 Å². The second-order valence-corrected chi connectivity index (χ2v) is 5.93. The Hall–Kier alpha value is -1.36. The minimum absolute atomic E-state index is 0.0500. The monoisotopic (exact) mass is 253 g/mol. The average Bonchev–Trinajstić information content (AvgIpc) is 2.52. The van der Waals surface area contributed by atoms with E-state index in [2.05, 4.69) is 31.2 Å². The summed E-state index contributed by atoms with van der Waals surface area (Å²) >= 11 is 0. The van der Waals surface area contributed by atoms with Crippen molar-refractivity contribution in [3.05, 3.63) is 17.5 Å². The molecule has 0 fully saturated rings. The van der Waals surface area contributed by atoms with Crippen molar-refractivity contribution >= 4 is 5.91 Å². The van der Waals surface area contributed by atoms with E-state index < -0.39 is 6.10 Å². The Morgan fingerprint density at radius 3 is 2.61 bits per heavy atom. The number of aliphatic hydroxyl groups is 1. The molecule has 2 N–H and O–H groups in total. The zero-order valence-electron chi connectivity index (χ0n) is 11.8. The average molecular weight is 253 g/mol. The number of aryl methyl sites for hydroxylation is 2. The highest BCUT2D eigenvalue weighted by atomic mass is 16.3. The Bertz CT molecular complexity index is 418. The van der Waals surface area contributed by atoms with Gasteiger partial charge in [-0.3, -0.25) is 9.48 Å². The number of carbonyl (C=O) groups is 1. The lowest BCUT2D eigenvalue weighted by Gasteiger charge is -2.22. The molecule has 0 aliphatic carbocycles. The maximum Gasteiger partial charge on any atom is 0.254 e. The lowest BCUT2D eigenvalue weighted by atomic mass is 9.89. The maximum absolute atomic E-state index is 11.9. The highest BCUT2D eigenvalue weighted by Crippen LogP contribution is 2.20. The van der Waals surface area contributed by atoms with Crippen LogP contribution in [-0.4, -0.2) is 33.4 Å². The van der Waals surface area contributed by atoms with Gasteiger partial charge in [-0.15, -0.1) is 0 Å². The van der Waals surface area contributed by atoms with Crippen LogP contribution in [-0.2, 0) is 7.05 Å². The van der Waals surface area contributed by atoms with Crippen LogP contribution in [0.1, 0.15) is 43.2 Å². The number of carbonyl (C=O) groups excluding carboxylic acids is 1. The third kappa shape index (κ3) is 4.49. The molecular formula is C13H23N3O2. The first-order valence-electron chi connectivity index (χ1n) is 6.15. The van der Waals surface area contributed by atoms with Crippen LogP contribution in [0.5, 0.6) is 0 Å². The summed E-state index contributed by atoms with van der Waals surface area (Å²) in [6.07, 6.45) is 1.81. The lowest BCUT2D eigenvalue weighted by Crippen LogP contribution is -2.34. The standard InChI is InChI=1S/C13H23N3O2/c1-9-11(8-16(5)15-9)12(18)14-7-10(17)6-13(2,3)4/h8,10,17H,6-7H2,1-5H3,(H,14,18). The van der Waals surface area contributed by atoms with E-state index in [0.29, 0.717) is 17.7 Å². The van der Waals surface area contributed by atoms with Crippen LogP contribution < -0.4 is 5.32 Å².